The molecule has 0 spiro atoms. The molecule has 0 saturated heterocycles. The minimum Gasteiger partial charge on any atom is -0.308 e. The van der Waals surface area contributed by atoms with E-state index in [1.165, 1.54) is 63.0 Å². The summed E-state index contributed by atoms with van der Waals surface area (Å²) in [5.41, 5.74) is 0.595. The summed E-state index contributed by atoms with van der Waals surface area (Å²) in [6.07, 6.45) is 4.11. The van der Waals surface area contributed by atoms with E-state index in [1.807, 2.05) is 19.0 Å². The van der Waals surface area contributed by atoms with Crippen molar-refractivity contribution in [1.82, 2.24) is 14.2 Å². The molecule has 1 heterocycles. The predicted octanol–water partition coefficient (Wildman–Crippen LogP) is 3.69. The molecule has 0 aliphatic rings. The molecule has 9 nitrogen and oxygen atoms in total. The lowest BCUT2D eigenvalue weighted by Crippen LogP contribution is -2.36. The number of sulfonamides is 1. The van der Waals surface area contributed by atoms with E-state index in [9.17, 15) is 21.6 Å². The largest absolute Gasteiger partial charge is 0.308 e. The van der Waals surface area contributed by atoms with Gasteiger partial charge in [-0.3, -0.25) is 9.69 Å². The predicted molar refractivity (Wildman–Crippen MR) is 156 cm³/mol. The first-order valence-electron chi connectivity index (χ1n) is 11.3. The van der Waals surface area contributed by atoms with E-state index in [0.717, 1.165) is 6.26 Å². The number of para-hydroxylation sites is 1. The number of benzene rings is 2. The Hall–Kier alpha value is -2.61. The third-order valence-corrected chi connectivity index (χ3v) is 9.44. The van der Waals surface area contributed by atoms with Crippen molar-refractivity contribution in [3.63, 3.8) is 0 Å². The molecule has 2 aromatic carbocycles. The fourth-order valence-electron chi connectivity index (χ4n) is 3.54. The standard InChI is InChI=1S/C25H30N4O5S3.ClH/c1-6-15-28(16-7-2)37(33,34)20-13-11-19(12-14-20)24(30)29(18-17-27(3)4)25-26-23-21(35-25)9-8-10-22(23)36(5,31)32;/h6-14H,1-2,15-18H2,3-5H3;1H. The van der Waals surface area contributed by atoms with Crippen molar-refractivity contribution in [2.24, 2.45) is 0 Å². The average Bonchev–Trinajstić information content (AvgIpc) is 3.27. The number of amides is 1. The Morgan fingerprint density at radius 2 is 1.58 bits per heavy atom. The van der Waals surface area contributed by atoms with Crippen LogP contribution in [0.25, 0.3) is 10.2 Å². The van der Waals surface area contributed by atoms with E-state index in [1.54, 1.807) is 12.1 Å². The number of hydrogen-bond donors (Lipinski definition) is 0. The number of likely N-dealkylation sites (N-methyl/N-ethyl adjacent to an activating group) is 1. The molecule has 38 heavy (non-hydrogen) atoms. The Balaban J connectivity index is 0.00000507. The molecule has 13 heteroatoms. The van der Waals surface area contributed by atoms with Crippen molar-refractivity contribution >= 4 is 64.9 Å². The summed E-state index contributed by atoms with van der Waals surface area (Å²) in [6, 6.07) is 10.6. The highest BCUT2D eigenvalue weighted by Crippen LogP contribution is 2.33. The molecular weight excluding hydrogens is 568 g/mol. The average molecular weight is 599 g/mol. The first-order chi connectivity index (χ1) is 17.4. The third kappa shape index (κ3) is 7.07. The topological polar surface area (TPSA) is 108 Å². The number of rotatable bonds is 12. The van der Waals surface area contributed by atoms with Crippen LogP contribution in [0.3, 0.4) is 0 Å². The Morgan fingerprint density at radius 1 is 0.974 bits per heavy atom. The first-order valence-corrected chi connectivity index (χ1v) is 15.4. The van der Waals surface area contributed by atoms with Gasteiger partial charge < -0.3 is 4.90 Å². The zero-order chi connectivity index (χ0) is 27.4. The second-order valence-corrected chi connectivity index (χ2v) is 13.5. The Kier molecular flexibility index (Phi) is 10.8. The van der Waals surface area contributed by atoms with Gasteiger partial charge in [0.1, 0.15) is 5.52 Å². The SMILES string of the molecule is C=CCN(CC=C)S(=O)(=O)c1ccc(C(=O)N(CCN(C)C)c2nc3c(S(C)(=O)=O)cccc3s2)cc1.Cl. The van der Waals surface area contributed by atoms with Crippen molar-refractivity contribution in [2.45, 2.75) is 9.79 Å². The summed E-state index contributed by atoms with van der Waals surface area (Å²) < 4.78 is 52.4. The van der Waals surface area contributed by atoms with Crippen LogP contribution in [0.1, 0.15) is 10.4 Å². The number of fused-ring (bicyclic) bond motifs is 1. The van der Waals surface area contributed by atoms with Crippen molar-refractivity contribution in [3.05, 3.63) is 73.3 Å². The van der Waals surface area contributed by atoms with Gasteiger partial charge in [-0.15, -0.1) is 25.6 Å². The number of hydrogen-bond acceptors (Lipinski definition) is 8. The van der Waals surface area contributed by atoms with Crippen LogP contribution < -0.4 is 4.90 Å². The van der Waals surface area contributed by atoms with Gasteiger partial charge >= 0.3 is 0 Å². The maximum Gasteiger partial charge on any atom is 0.260 e. The number of sulfone groups is 1. The Labute approximate surface area is 234 Å². The molecule has 0 aliphatic carbocycles. The van der Waals surface area contributed by atoms with Crippen LogP contribution in [0.4, 0.5) is 5.13 Å². The van der Waals surface area contributed by atoms with E-state index in [2.05, 4.69) is 18.1 Å². The molecule has 0 unspecified atom stereocenters. The number of anilines is 1. The maximum atomic E-state index is 13.6. The van der Waals surface area contributed by atoms with Gasteiger partial charge in [0.2, 0.25) is 10.0 Å². The molecule has 0 aliphatic heterocycles. The van der Waals surface area contributed by atoms with Crippen molar-refractivity contribution in [3.8, 4) is 0 Å². The third-order valence-electron chi connectivity index (χ3n) is 5.42. The number of halogens is 1. The minimum absolute atomic E-state index is 0. The molecule has 0 fully saturated rings. The van der Waals surface area contributed by atoms with Crippen LogP contribution in [-0.2, 0) is 19.9 Å². The first kappa shape index (κ1) is 31.6. The smallest absolute Gasteiger partial charge is 0.260 e. The summed E-state index contributed by atoms with van der Waals surface area (Å²) in [7, 11) is -3.57. The molecule has 0 saturated carbocycles. The highest BCUT2D eigenvalue weighted by Gasteiger charge is 2.26. The zero-order valence-corrected chi connectivity index (χ0v) is 24.7. The normalized spacial score (nSPS) is 11.9. The van der Waals surface area contributed by atoms with E-state index >= 15 is 0 Å². The van der Waals surface area contributed by atoms with Gasteiger partial charge in [0.25, 0.3) is 5.91 Å². The summed E-state index contributed by atoms with van der Waals surface area (Å²) in [5, 5.41) is 0.359. The van der Waals surface area contributed by atoms with E-state index < -0.39 is 19.9 Å². The fraction of sp³-hybridized carbons (Fsp3) is 0.280. The van der Waals surface area contributed by atoms with Crippen LogP contribution in [-0.4, -0.2) is 83.5 Å². The second kappa shape index (κ2) is 13.0. The molecule has 206 valence electrons. The second-order valence-electron chi connectivity index (χ2n) is 8.56. The highest BCUT2D eigenvalue weighted by molar-refractivity contribution is 7.91. The van der Waals surface area contributed by atoms with Crippen molar-refractivity contribution < 1.29 is 21.6 Å². The Bertz CT molecular complexity index is 1510. The summed E-state index contributed by atoms with van der Waals surface area (Å²) >= 11 is 1.22. The summed E-state index contributed by atoms with van der Waals surface area (Å²) in [6.45, 7) is 8.30. The highest BCUT2D eigenvalue weighted by atomic mass is 35.5. The molecule has 3 rings (SSSR count). The lowest BCUT2D eigenvalue weighted by molar-refractivity contribution is 0.0985. The van der Waals surface area contributed by atoms with Gasteiger partial charge in [0.05, 0.1) is 14.5 Å². The van der Waals surface area contributed by atoms with Gasteiger partial charge in [0.15, 0.2) is 15.0 Å². The molecule has 0 N–H and O–H groups in total. The zero-order valence-electron chi connectivity index (χ0n) is 21.4. The number of carbonyl (C=O) groups excluding carboxylic acids is 1. The summed E-state index contributed by atoms with van der Waals surface area (Å²) in [4.78, 5) is 21.7. The number of aromatic nitrogens is 1. The van der Waals surface area contributed by atoms with Crippen LogP contribution in [0.5, 0.6) is 0 Å². The molecule has 0 bridgehead atoms. The quantitative estimate of drug-likeness (QED) is 0.293. The van der Waals surface area contributed by atoms with Gasteiger partial charge in [-0.1, -0.05) is 29.6 Å². The molecule has 3 aromatic rings. The number of thiazole rings is 1. The van der Waals surface area contributed by atoms with E-state index in [4.69, 9.17) is 0 Å². The van der Waals surface area contributed by atoms with Gasteiger partial charge in [-0.25, -0.2) is 21.8 Å². The molecule has 0 radical (unpaired) electrons. The van der Waals surface area contributed by atoms with Gasteiger partial charge in [-0.2, -0.15) is 4.31 Å². The molecule has 0 atom stereocenters. The van der Waals surface area contributed by atoms with Crippen molar-refractivity contribution in [1.29, 1.82) is 0 Å². The van der Waals surface area contributed by atoms with Crippen LogP contribution >= 0.6 is 23.7 Å². The molecule has 1 amide bonds. The van der Waals surface area contributed by atoms with E-state index in [0.29, 0.717) is 28.4 Å². The van der Waals surface area contributed by atoms with Crippen LogP contribution in [0, 0.1) is 0 Å². The monoisotopic (exact) mass is 598 g/mol. The van der Waals surface area contributed by atoms with Crippen LogP contribution in [0.15, 0.2) is 77.6 Å². The van der Waals surface area contributed by atoms with Crippen molar-refractivity contribution in [2.75, 3.05) is 51.4 Å². The van der Waals surface area contributed by atoms with Crippen LogP contribution in [0.2, 0.25) is 0 Å². The molecular formula is C25H31ClN4O5S3. The molecule has 1 aromatic heterocycles. The Morgan fingerprint density at radius 3 is 2.11 bits per heavy atom. The van der Waals surface area contributed by atoms with Gasteiger partial charge in [-0.05, 0) is 50.5 Å². The van der Waals surface area contributed by atoms with E-state index in [-0.39, 0.29) is 46.8 Å². The lowest BCUT2D eigenvalue weighted by Gasteiger charge is -2.22. The maximum absolute atomic E-state index is 13.6. The summed E-state index contributed by atoms with van der Waals surface area (Å²) in [5.74, 6) is -0.375. The minimum atomic E-state index is -3.81. The lowest BCUT2D eigenvalue weighted by atomic mass is 10.2. The van der Waals surface area contributed by atoms with Gasteiger partial charge in [0, 0.05) is 38.0 Å². The number of nitrogens with zero attached hydrogens (tertiary/aromatic N) is 4. The number of carbonyl (C=O) groups is 1. The fourth-order valence-corrected chi connectivity index (χ4v) is 6.84.